The first-order valence-electron chi connectivity index (χ1n) is 7.83. The summed E-state index contributed by atoms with van der Waals surface area (Å²) in [6, 6.07) is 2.29. The molecule has 0 bridgehead atoms. The quantitative estimate of drug-likeness (QED) is 0.422. The lowest BCUT2D eigenvalue weighted by atomic mass is 9.56. The van der Waals surface area contributed by atoms with Gasteiger partial charge in [0.25, 0.3) is 0 Å². The highest BCUT2D eigenvalue weighted by molar-refractivity contribution is 14.0. The van der Waals surface area contributed by atoms with Gasteiger partial charge in [-0.15, -0.1) is 24.0 Å². The molecule has 0 saturated heterocycles. The van der Waals surface area contributed by atoms with E-state index in [9.17, 15) is 0 Å². The Balaban J connectivity index is 0.00000264. The molecule has 2 unspecified atom stereocenters. The number of aromatic nitrogens is 1. The van der Waals surface area contributed by atoms with Gasteiger partial charge >= 0.3 is 0 Å². The molecule has 1 aliphatic carbocycles. The van der Waals surface area contributed by atoms with Crippen LogP contribution in [0.3, 0.4) is 0 Å². The molecule has 0 radical (unpaired) electrons. The molecule has 7 heteroatoms. The van der Waals surface area contributed by atoms with E-state index in [1.807, 2.05) is 6.07 Å². The lowest BCUT2D eigenvalue weighted by molar-refractivity contribution is -0.176. The maximum absolute atomic E-state index is 5.66. The Morgan fingerprint density at radius 1 is 1.48 bits per heavy atom. The van der Waals surface area contributed by atoms with Crippen molar-refractivity contribution < 1.29 is 9.26 Å². The second kappa shape index (κ2) is 7.83. The van der Waals surface area contributed by atoms with Gasteiger partial charge in [0.2, 0.25) is 0 Å². The average molecular weight is 436 g/mol. The summed E-state index contributed by atoms with van der Waals surface area (Å²) in [6.45, 7) is 9.22. The van der Waals surface area contributed by atoms with Gasteiger partial charge in [-0.25, -0.2) is 0 Å². The van der Waals surface area contributed by atoms with Crippen LogP contribution in [0.2, 0.25) is 0 Å². The molecule has 23 heavy (non-hydrogen) atoms. The van der Waals surface area contributed by atoms with Crippen LogP contribution >= 0.6 is 24.0 Å². The largest absolute Gasteiger partial charge is 0.378 e. The van der Waals surface area contributed by atoms with Crippen LogP contribution in [0.1, 0.15) is 45.6 Å². The number of aliphatic imine (C=N–C) groups is 1. The summed E-state index contributed by atoms with van der Waals surface area (Å²) in [4.78, 5) is 4.28. The number of guanidine groups is 1. The molecule has 0 amide bonds. The Kier molecular flexibility index (Phi) is 6.88. The highest BCUT2D eigenvalue weighted by Crippen LogP contribution is 2.51. The molecule has 132 valence electrons. The highest BCUT2D eigenvalue weighted by atomic mass is 127. The van der Waals surface area contributed by atoms with Gasteiger partial charge in [-0.1, -0.05) is 25.9 Å². The second-order valence-electron chi connectivity index (χ2n) is 6.62. The van der Waals surface area contributed by atoms with E-state index in [1.165, 1.54) is 0 Å². The molecule has 2 N–H and O–H groups in total. The van der Waals surface area contributed by atoms with E-state index in [-0.39, 0.29) is 35.0 Å². The highest BCUT2D eigenvalue weighted by Gasteiger charge is 2.58. The molecule has 1 aromatic rings. The number of aryl methyl sites for hydroxylation is 1. The zero-order valence-electron chi connectivity index (χ0n) is 14.9. The normalized spacial score (nSPS) is 26.2. The predicted octanol–water partition coefficient (Wildman–Crippen LogP) is 2.72. The molecule has 1 fully saturated rings. The topological polar surface area (TPSA) is 71.7 Å². The standard InChI is InChI=1S/C16H28N4O2.HI/c1-7-11-8-12(22-20-11)10-18-14(17-5)19-13-9-16(4,21-6)15(13,2)3;/h8,13H,7,9-10H2,1-6H3,(H2,17,18,19);1H. The summed E-state index contributed by atoms with van der Waals surface area (Å²) in [5, 5.41) is 10.7. The number of rotatable bonds is 5. The van der Waals surface area contributed by atoms with Crippen LogP contribution in [-0.4, -0.2) is 36.9 Å². The Morgan fingerprint density at radius 3 is 2.65 bits per heavy atom. The molecular weight excluding hydrogens is 407 g/mol. The van der Waals surface area contributed by atoms with E-state index in [0.717, 1.165) is 30.3 Å². The van der Waals surface area contributed by atoms with E-state index < -0.39 is 0 Å². The summed E-state index contributed by atoms with van der Waals surface area (Å²) in [7, 11) is 3.55. The number of nitrogens with zero attached hydrogens (tertiary/aromatic N) is 2. The van der Waals surface area contributed by atoms with E-state index in [4.69, 9.17) is 9.26 Å². The van der Waals surface area contributed by atoms with E-state index in [0.29, 0.717) is 12.6 Å². The number of nitrogens with one attached hydrogen (secondary N) is 2. The molecule has 0 spiro atoms. The van der Waals surface area contributed by atoms with E-state index >= 15 is 0 Å². The smallest absolute Gasteiger partial charge is 0.191 e. The van der Waals surface area contributed by atoms with E-state index in [1.54, 1.807) is 14.2 Å². The maximum Gasteiger partial charge on any atom is 0.191 e. The van der Waals surface area contributed by atoms with Crippen molar-refractivity contribution in [1.82, 2.24) is 15.8 Å². The first-order valence-corrected chi connectivity index (χ1v) is 7.83. The first kappa shape index (κ1) is 20.2. The van der Waals surface area contributed by atoms with Crippen molar-refractivity contribution in [3.8, 4) is 0 Å². The minimum absolute atomic E-state index is 0. The lowest BCUT2D eigenvalue weighted by Gasteiger charge is -2.59. The Morgan fingerprint density at radius 2 is 2.17 bits per heavy atom. The SMILES string of the molecule is CCc1cc(CNC(=NC)NC2CC(C)(OC)C2(C)C)on1.I. The van der Waals surface area contributed by atoms with Crippen LogP contribution in [0, 0.1) is 5.41 Å². The number of ether oxygens (including phenoxy) is 1. The first-order chi connectivity index (χ1) is 10.4. The third kappa shape index (κ3) is 3.99. The van der Waals surface area contributed by atoms with Gasteiger partial charge in [0.1, 0.15) is 0 Å². The van der Waals surface area contributed by atoms with Crippen LogP contribution in [0.5, 0.6) is 0 Å². The molecule has 0 aliphatic heterocycles. The number of hydrogen-bond donors (Lipinski definition) is 2. The number of halogens is 1. The predicted molar refractivity (Wildman–Crippen MR) is 102 cm³/mol. The Hall–Kier alpha value is -0.830. The Labute approximate surface area is 155 Å². The molecular formula is C16H29IN4O2. The van der Waals surface area contributed by atoms with Crippen LogP contribution in [0.25, 0.3) is 0 Å². The van der Waals surface area contributed by atoms with Gasteiger partial charge in [0.15, 0.2) is 11.7 Å². The van der Waals surface area contributed by atoms with Crippen molar-refractivity contribution in [2.24, 2.45) is 10.4 Å². The second-order valence-corrected chi connectivity index (χ2v) is 6.62. The summed E-state index contributed by atoms with van der Waals surface area (Å²) < 4.78 is 10.9. The minimum atomic E-state index is -0.0928. The van der Waals surface area contributed by atoms with Crippen molar-refractivity contribution in [3.63, 3.8) is 0 Å². The molecule has 1 aliphatic rings. The third-order valence-corrected chi connectivity index (χ3v) is 5.21. The van der Waals surface area contributed by atoms with Crippen molar-refractivity contribution in [2.75, 3.05) is 14.2 Å². The zero-order valence-corrected chi connectivity index (χ0v) is 17.2. The van der Waals surface area contributed by atoms with E-state index in [2.05, 4.69) is 48.5 Å². The molecule has 1 aromatic heterocycles. The van der Waals surface area contributed by atoms with Gasteiger partial charge < -0.3 is 19.9 Å². The van der Waals surface area contributed by atoms with Crippen LogP contribution in [0.4, 0.5) is 0 Å². The summed E-state index contributed by atoms with van der Waals surface area (Å²) in [5.41, 5.74) is 0.918. The van der Waals surface area contributed by atoms with Crippen LogP contribution in [-0.2, 0) is 17.7 Å². The molecule has 0 aromatic carbocycles. The van der Waals surface area contributed by atoms with Crippen molar-refractivity contribution >= 4 is 29.9 Å². The fourth-order valence-corrected chi connectivity index (χ4v) is 2.86. The fourth-order valence-electron chi connectivity index (χ4n) is 2.86. The van der Waals surface area contributed by atoms with Crippen LogP contribution < -0.4 is 10.6 Å². The van der Waals surface area contributed by atoms with Crippen molar-refractivity contribution in [2.45, 2.75) is 58.7 Å². The van der Waals surface area contributed by atoms with Gasteiger partial charge in [0.05, 0.1) is 17.8 Å². The van der Waals surface area contributed by atoms with Crippen molar-refractivity contribution in [1.29, 1.82) is 0 Å². The molecule has 2 rings (SSSR count). The van der Waals surface area contributed by atoms with Gasteiger partial charge in [-0.3, -0.25) is 4.99 Å². The summed E-state index contributed by atoms with van der Waals surface area (Å²) in [5.74, 6) is 1.58. The third-order valence-electron chi connectivity index (χ3n) is 5.21. The molecule has 1 heterocycles. The van der Waals surface area contributed by atoms with Gasteiger partial charge in [0, 0.05) is 31.7 Å². The number of hydrogen-bond acceptors (Lipinski definition) is 4. The van der Waals surface area contributed by atoms with Gasteiger partial charge in [-0.2, -0.15) is 0 Å². The molecule has 6 nitrogen and oxygen atoms in total. The average Bonchev–Trinajstić information content (AvgIpc) is 2.97. The minimum Gasteiger partial charge on any atom is -0.378 e. The van der Waals surface area contributed by atoms with Crippen LogP contribution in [0.15, 0.2) is 15.6 Å². The maximum atomic E-state index is 5.66. The Bertz CT molecular complexity index is 544. The lowest BCUT2D eigenvalue weighted by Crippen LogP contribution is -2.69. The number of methoxy groups -OCH3 is 1. The monoisotopic (exact) mass is 436 g/mol. The fraction of sp³-hybridized carbons (Fsp3) is 0.750. The zero-order chi connectivity index (χ0) is 16.4. The van der Waals surface area contributed by atoms with Crippen molar-refractivity contribution in [3.05, 3.63) is 17.5 Å². The molecule has 2 atom stereocenters. The summed E-state index contributed by atoms with van der Waals surface area (Å²) in [6.07, 6.45) is 1.84. The summed E-state index contributed by atoms with van der Waals surface area (Å²) >= 11 is 0. The van der Waals surface area contributed by atoms with Gasteiger partial charge in [-0.05, 0) is 19.8 Å². The molecule has 1 saturated carbocycles.